The van der Waals surface area contributed by atoms with Gasteiger partial charge in [-0.1, -0.05) is 0 Å². The summed E-state index contributed by atoms with van der Waals surface area (Å²) < 4.78 is 5.06. The van der Waals surface area contributed by atoms with Gasteiger partial charge in [-0.3, -0.25) is 4.90 Å². The van der Waals surface area contributed by atoms with E-state index in [0.717, 1.165) is 18.9 Å². The van der Waals surface area contributed by atoms with Crippen molar-refractivity contribution >= 4 is 11.6 Å². The van der Waals surface area contributed by atoms with Crippen LogP contribution in [0, 0.1) is 0 Å². The zero-order valence-electron chi connectivity index (χ0n) is 13.7. The summed E-state index contributed by atoms with van der Waals surface area (Å²) in [6.07, 6.45) is 0. The molecule has 0 unspecified atom stereocenters. The SMILES string of the molecule is COCc1nc(NN)cc(NCCN(C(C)C)C(C)C)n1. The molecule has 0 saturated heterocycles. The van der Waals surface area contributed by atoms with E-state index in [0.29, 0.717) is 30.3 Å². The highest BCUT2D eigenvalue weighted by Crippen LogP contribution is 2.11. The van der Waals surface area contributed by atoms with Gasteiger partial charge in [-0.2, -0.15) is 0 Å². The van der Waals surface area contributed by atoms with E-state index in [-0.39, 0.29) is 0 Å². The molecule has 1 aromatic heterocycles. The summed E-state index contributed by atoms with van der Waals surface area (Å²) in [5, 5.41) is 3.31. The highest BCUT2D eigenvalue weighted by molar-refractivity contribution is 5.46. The molecule has 0 aliphatic heterocycles. The van der Waals surface area contributed by atoms with Gasteiger partial charge in [-0.05, 0) is 27.7 Å². The molecule has 0 aliphatic rings. The Morgan fingerprint density at radius 2 is 1.81 bits per heavy atom. The van der Waals surface area contributed by atoms with Crippen LogP contribution in [0.15, 0.2) is 6.07 Å². The van der Waals surface area contributed by atoms with Crippen molar-refractivity contribution in [2.45, 2.75) is 46.4 Å². The standard InChI is InChI=1S/C14H28N6O/c1-10(2)20(11(3)4)7-6-16-12-8-13(19-15)18-14(17-12)9-21-5/h8,10-11H,6-7,9,15H2,1-5H3,(H2,16,17,18,19). The summed E-state index contributed by atoms with van der Waals surface area (Å²) in [7, 11) is 1.61. The van der Waals surface area contributed by atoms with E-state index in [9.17, 15) is 0 Å². The molecule has 0 aliphatic carbocycles. The van der Waals surface area contributed by atoms with Gasteiger partial charge in [0.2, 0.25) is 0 Å². The topological polar surface area (TPSA) is 88.3 Å². The minimum Gasteiger partial charge on any atom is -0.377 e. The lowest BCUT2D eigenvalue weighted by atomic mass is 10.2. The van der Waals surface area contributed by atoms with Crippen molar-refractivity contribution in [3.8, 4) is 0 Å². The Hall–Kier alpha value is -1.44. The number of nitrogen functional groups attached to an aromatic ring is 1. The van der Waals surface area contributed by atoms with E-state index >= 15 is 0 Å². The summed E-state index contributed by atoms with van der Waals surface area (Å²) >= 11 is 0. The Morgan fingerprint density at radius 1 is 1.19 bits per heavy atom. The molecule has 7 nitrogen and oxygen atoms in total. The molecule has 0 amide bonds. The molecule has 0 aromatic carbocycles. The van der Waals surface area contributed by atoms with Gasteiger partial charge in [0.05, 0.1) is 0 Å². The number of aromatic nitrogens is 2. The second kappa shape index (κ2) is 8.76. The lowest BCUT2D eigenvalue weighted by Crippen LogP contribution is -2.40. The third kappa shape index (κ3) is 5.82. The first-order valence-corrected chi connectivity index (χ1v) is 7.31. The van der Waals surface area contributed by atoms with Gasteiger partial charge < -0.3 is 15.5 Å². The fraction of sp³-hybridized carbons (Fsp3) is 0.714. The molecule has 0 spiro atoms. The molecular formula is C14H28N6O. The van der Waals surface area contributed by atoms with Crippen LogP contribution in [0.2, 0.25) is 0 Å². The van der Waals surface area contributed by atoms with Crippen LogP contribution in [0.25, 0.3) is 0 Å². The molecule has 4 N–H and O–H groups in total. The fourth-order valence-corrected chi connectivity index (χ4v) is 2.28. The number of anilines is 2. The number of hydrogen-bond donors (Lipinski definition) is 3. The molecule has 1 aromatic rings. The van der Waals surface area contributed by atoms with E-state index in [1.54, 1.807) is 13.2 Å². The van der Waals surface area contributed by atoms with Crippen LogP contribution in [-0.2, 0) is 11.3 Å². The van der Waals surface area contributed by atoms with Crippen LogP contribution in [-0.4, -0.2) is 47.2 Å². The average molecular weight is 296 g/mol. The number of methoxy groups -OCH3 is 1. The molecule has 0 atom stereocenters. The van der Waals surface area contributed by atoms with Crippen molar-refractivity contribution in [1.29, 1.82) is 0 Å². The van der Waals surface area contributed by atoms with Crippen LogP contribution < -0.4 is 16.6 Å². The molecular weight excluding hydrogens is 268 g/mol. The Kier molecular flexibility index (Phi) is 7.35. The van der Waals surface area contributed by atoms with E-state index in [1.807, 2.05) is 0 Å². The highest BCUT2D eigenvalue weighted by Gasteiger charge is 2.12. The van der Waals surface area contributed by atoms with Gasteiger partial charge in [0.15, 0.2) is 5.82 Å². The maximum absolute atomic E-state index is 5.42. The molecule has 0 fully saturated rings. The van der Waals surface area contributed by atoms with Crippen molar-refractivity contribution < 1.29 is 4.74 Å². The van der Waals surface area contributed by atoms with Gasteiger partial charge in [0.1, 0.15) is 18.2 Å². The smallest absolute Gasteiger partial charge is 0.158 e. The first kappa shape index (κ1) is 17.6. The van der Waals surface area contributed by atoms with Crippen molar-refractivity contribution in [3.63, 3.8) is 0 Å². The van der Waals surface area contributed by atoms with Gasteiger partial charge in [0.25, 0.3) is 0 Å². The van der Waals surface area contributed by atoms with E-state index < -0.39 is 0 Å². The summed E-state index contributed by atoms with van der Waals surface area (Å²) in [5.74, 6) is 7.34. The number of hydrazine groups is 1. The number of nitrogens with zero attached hydrogens (tertiary/aromatic N) is 3. The molecule has 21 heavy (non-hydrogen) atoms. The molecule has 0 saturated carbocycles. The zero-order valence-corrected chi connectivity index (χ0v) is 13.7. The number of nitrogens with two attached hydrogens (primary N) is 1. The van der Waals surface area contributed by atoms with Crippen LogP contribution >= 0.6 is 0 Å². The second-order valence-corrected chi connectivity index (χ2v) is 5.48. The molecule has 7 heteroatoms. The lowest BCUT2D eigenvalue weighted by Gasteiger charge is -2.30. The van der Waals surface area contributed by atoms with Crippen molar-refractivity contribution in [1.82, 2.24) is 14.9 Å². The van der Waals surface area contributed by atoms with Gasteiger partial charge >= 0.3 is 0 Å². The summed E-state index contributed by atoms with van der Waals surface area (Å²) in [6.45, 7) is 10.9. The Bertz CT molecular complexity index is 416. The summed E-state index contributed by atoms with van der Waals surface area (Å²) in [5.41, 5.74) is 2.54. The normalized spacial score (nSPS) is 11.5. The first-order valence-electron chi connectivity index (χ1n) is 7.31. The Morgan fingerprint density at radius 3 is 2.33 bits per heavy atom. The lowest BCUT2D eigenvalue weighted by molar-refractivity contribution is 0.178. The van der Waals surface area contributed by atoms with Crippen molar-refractivity contribution in [2.75, 3.05) is 30.9 Å². The number of ether oxygens (including phenoxy) is 1. The number of nitrogens with one attached hydrogen (secondary N) is 2. The van der Waals surface area contributed by atoms with E-state index in [4.69, 9.17) is 10.6 Å². The number of rotatable bonds is 9. The van der Waals surface area contributed by atoms with Crippen LogP contribution in [0.5, 0.6) is 0 Å². The van der Waals surface area contributed by atoms with Crippen LogP contribution in [0.1, 0.15) is 33.5 Å². The fourth-order valence-electron chi connectivity index (χ4n) is 2.28. The van der Waals surface area contributed by atoms with Crippen LogP contribution in [0.4, 0.5) is 11.6 Å². The average Bonchev–Trinajstić information content (AvgIpc) is 2.42. The minimum atomic E-state index is 0.355. The van der Waals surface area contributed by atoms with Gasteiger partial charge in [0, 0.05) is 38.3 Å². The predicted octanol–water partition coefficient (Wildman–Crippen LogP) is 1.44. The molecule has 1 heterocycles. The summed E-state index contributed by atoms with van der Waals surface area (Å²) in [4.78, 5) is 11.0. The van der Waals surface area contributed by atoms with Gasteiger partial charge in [-0.15, -0.1) is 0 Å². The second-order valence-electron chi connectivity index (χ2n) is 5.48. The molecule has 1 rings (SSSR count). The van der Waals surface area contributed by atoms with Gasteiger partial charge in [-0.25, -0.2) is 15.8 Å². The highest BCUT2D eigenvalue weighted by atomic mass is 16.5. The first-order chi connectivity index (χ1) is 9.97. The van der Waals surface area contributed by atoms with Crippen molar-refractivity contribution in [3.05, 3.63) is 11.9 Å². The molecule has 0 bridgehead atoms. The van der Waals surface area contributed by atoms with Crippen LogP contribution in [0.3, 0.4) is 0 Å². The molecule has 0 radical (unpaired) electrons. The Balaban J connectivity index is 2.63. The maximum Gasteiger partial charge on any atom is 0.158 e. The third-order valence-corrected chi connectivity index (χ3v) is 3.20. The number of hydrogen-bond acceptors (Lipinski definition) is 7. The zero-order chi connectivity index (χ0) is 15.8. The molecule has 120 valence electrons. The third-order valence-electron chi connectivity index (χ3n) is 3.20. The minimum absolute atomic E-state index is 0.355. The summed E-state index contributed by atoms with van der Waals surface area (Å²) in [6, 6.07) is 2.82. The van der Waals surface area contributed by atoms with E-state index in [1.165, 1.54) is 0 Å². The van der Waals surface area contributed by atoms with Crippen molar-refractivity contribution in [2.24, 2.45) is 5.84 Å². The predicted molar refractivity (Wildman–Crippen MR) is 86.0 cm³/mol. The maximum atomic E-state index is 5.42. The monoisotopic (exact) mass is 296 g/mol. The van der Waals surface area contributed by atoms with E-state index in [2.05, 4.69) is 53.3 Å². The largest absolute Gasteiger partial charge is 0.377 e. The Labute approximate surface area is 127 Å². The quantitative estimate of drug-likeness (QED) is 0.469.